The second-order valence-corrected chi connectivity index (χ2v) is 12.2. The van der Waals surface area contributed by atoms with E-state index in [9.17, 15) is 27.9 Å². The van der Waals surface area contributed by atoms with Gasteiger partial charge in [0, 0.05) is 48.1 Å². The molecule has 6 rings (SSSR count). The molecule has 0 bridgehead atoms. The lowest BCUT2D eigenvalue weighted by molar-refractivity contribution is -0.138. The van der Waals surface area contributed by atoms with Gasteiger partial charge in [-0.25, -0.2) is 4.39 Å². The van der Waals surface area contributed by atoms with Crippen LogP contribution >= 0.6 is 0 Å². The van der Waals surface area contributed by atoms with Crippen molar-refractivity contribution < 1.29 is 32.3 Å². The van der Waals surface area contributed by atoms with Gasteiger partial charge in [0.25, 0.3) is 0 Å². The highest BCUT2D eigenvalue weighted by atomic mass is 19.4. The van der Waals surface area contributed by atoms with Gasteiger partial charge >= 0.3 is 6.18 Å². The van der Waals surface area contributed by atoms with Gasteiger partial charge in [-0.3, -0.25) is 24.8 Å². The van der Waals surface area contributed by atoms with Gasteiger partial charge in [-0.15, -0.1) is 0 Å². The fourth-order valence-electron chi connectivity index (χ4n) is 6.98. The molecule has 0 radical (unpaired) electrons. The number of rotatable bonds is 3. The van der Waals surface area contributed by atoms with Crippen LogP contribution in [0.5, 0.6) is 0 Å². The number of aliphatic hydroxyl groups is 1. The number of pyridine rings is 1. The number of amides is 2. The first-order valence-corrected chi connectivity index (χ1v) is 13.9. The fraction of sp³-hybridized carbons (Fsp3) is 0.452. The number of halogens is 4. The number of alkyl halides is 3. The molecule has 0 saturated carbocycles. The number of likely N-dealkylation sites (tertiary alicyclic amines) is 1. The standard InChI is InChI=1S/C31H31F4N3O3/c1-29(2)16-38(25-9-3-17-13-19(31(33,34)35)4-5-20(17)25)12-11-30(29,41)23-7-8-24-22(27(23)32)14-18(15-36-24)21-6-10-26(39)37-28(21)40/h4-5,7-8,13-15,21,25,41H,3,6,9-12,16H2,1-2H3,(H,37,39,40)/t21?,25-,30+/m0/s1. The number of carbonyl (C=O) groups is 2. The van der Waals surface area contributed by atoms with Gasteiger partial charge in [-0.05, 0) is 66.6 Å². The van der Waals surface area contributed by atoms with E-state index in [-0.39, 0.29) is 35.7 Å². The first kappa shape index (κ1) is 27.8. The molecule has 216 valence electrons. The summed E-state index contributed by atoms with van der Waals surface area (Å²) in [5.41, 5.74) is -0.343. The maximum absolute atomic E-state index is 16.2. The molecule has 1 aromatic heterocycles. The first-order chi connectivity index (χ1) is 19.3. The Morgan fingerprint density at radius 2 is 1.85 bits per heavy atom. The molecule has 6 nitrogen and oxygen atoms in total. The van der Waals surface area contributed by atoms with Crippen molar-refractivity contribution in [3.63, 3.8) is 0 Å². The Morgan fingerprint density at radius 1 is 1.07 bits per heavy atom. The van der Waals surface area contributed by atoms with Crippen LogP contribution in [0.15, 0.2) is 42.6 Å². The van der Waals surface area contributed by atoms with Gasteiger partial charge < -0.3 is 5.11 Å². The summed E-state index contributed by atoms with van der Waals surface area (Å²) in [5, 5.41) is 14.6. The van der Waals surface area contributed by atoms with E-state index in [4.69, 9.17) is 0 Å². The van der Waals surface area contributed by atoms with E-state index in [1.807, 2.05) is 13.8 Å². The third kappa shape index (κ3) is 4.61. The van der Waals surface area contributed by atoms with Crippen molar-refractivity contribution in [3.8, 4) is 0 Å². The van der Waals surface area contributed by atoms with Crippen LogP contribution in [0.4, 0.5) is 17.6 Å². The van der Waals surface area contributed by atoms with Gasteiger partial charge in [0.2, 0.25) is 11.8 Å². The number of piperidine rings is 2. The smallest absolute Gasteiger partial charge is 0.384 e. The Bertz CT molecular complexity index is 1570. The van der Waals surface area contributed by atoms with Crippen LogP contribution in [0.3, 0.4) is 0 Å². The molecule has 41 heavy (non-hydrogen) atoms. The summed E-state index contributed by atoms with van der Waals surface area (Å²) in [7, 11) is 0. The molecule has 3 heterocycles. The molecule has 10 heteroatoms. The molecule has 2 amide bonds. The van der Waals surface area contributed by atoms with E-state index in [1.165, 1.54) is 12.3 Å². The van der Waals surface area contributed by atoms with Crippen molar-refractivity contribution in [1.29, 1.82) is 0 Å². The van der Waals surface area contributed by atoms with Crippen LogP contribution in [-0.4, -0.2) is 39.9 Å². The summed E-state index contributed by atoms with van der Waals surface area (Å²) >= 11 is 0. The lowest BCUT2D eigenvalue weighted by Crippen LogP contribution is -2.56. The van der Waals surface area contributed by atoms with Crippen LogP contribution in [0, 0.1) is 11.2 Å². The number of aryl methyl sites for hydroxylation is 1. The van der Waals surface area contributed by atoms with Gasteiger partial charge in [-0.1, -0.05) is 26.0 Å². The molecule has 2 saturated heterocycles. The molecule has 2 aliphatic heterocycles. The van der Waals surface area contributed by atoms with E-state index in [0.717, 1.165) is 11.6 Å². The topological polar surface area (TPSA) is 82.5 Å². The minimum atomic E-state index is -4.39. The average molecular weight is 570 g/mol. The number of hydrogen-bond acceptors (Lipinski definition) is 5. The zero-order valence-electron chi connectivity index (χ0n) is 22.8. The summed E-state index contributed by atoms with van der Waals surface area (Å²) in [4.78, 5) is 30.5. The molecule has 2 fully saturated rings. The lowest BCUT2D eigenvalue weighted by Gasteiger charge is -2.52. The van der Waals surface area contributed by atoms with Gasteiger partial charge in [-0.2, -0.15) is 13.2 Å². The summed E-state index contributed by atoms with van der Waals surface area (Å²) in [6.07, 6.45) is -0.898. The summed E-state index contributed by atoms with van der Waals surface area (Å²) < 4.78 is 55.9. The zero-order chi connectivity index (χ0) is 29.3. The van der Waals surface area contributed by atoms with Crippen molar-refractivity contribution in [2.24, 2.45) is 5.41 Å². The maximum Gasteiger partial charge on any atom is 0.416 e. The highest BCUT2D eigenvalue weighted by Crippen LogP contribution is 2.50. The summed E-state index contributed by atoms with van der Waals surface area (Å²) in [5.74, 6) is -1.98. The van der Waals surface area contributed by atoms with E-state index >= 15 is 4.39 Å². The van der Waals surface area contributed by atoms with E-state index < -0.39 is 40.4 Å². The van der Waals surface area contributed by atoms with Crippen LogP contribution in [-0.2, 0) is 27.8 Å². The largest absolute Gasteiger partial charge is 0.416 e. The van der Waals surface area contributed by atoms with E-state index in [2.05, 4.69) is 15.2 Å². The van der Waals surface area contributed by atoms with Crippen molar-refractivity contribution in [1.82, 2.24) is 15.2 Å². The number of carbonyl (C=O) groups excluding carboxylic acids is 2. The number of nitrogens with one attached hydrogen (secondary N) is 1. The minimum absolute atomic E-state index is 0.0714. The predicted octanol–water partition coefficient (Wildman–Crippen LogP) is 5.52. The molecule has 2 aromatic carbocycles. The number of nitrogens with zero attached hydrogens (tertiary/aromatic N) is 2. The van der Waals surface area contributed by atoms with Gasteiger partial charge in [0.1, 0.15) is 5.82 Å². The highest BCUT2D eigenvalue weighted by molar-refractivity contribution is 6.01. The molecule has 3 aromatic rings. The van der Waals surface area contributed by atoms with Crippen LogP contribution in [0.2, 0.25) is 0 Å². The lowest BCUT2D eigenvalue weighted by atomic mass is 9.66. The van der Waals surface area contributed by atoms with Crippen molar-refractivity contribution >= 4 is 22.7 Å². The number of hydrogen-bond donors (Lipinski definition) is 2. The third-order valence-electron chi connectivity index (χ3n) is 9.34. The highest BCUT2D eigenvalue weighted by Gasteiger charge is 2.51. The molecular weight excluding hydrogens is 538 g/mol. The van der Waals surface area contributed by atoms with E-state index in [1.54, 1.807) is 24.3 Å². The molecule has 0 spiro atoms. The van der Waals surface area contributed by atoms with Gasteiger partial charge in [0.15, 0.2) is 0 Å². The molecular formula is C31H31F4N3O3. The molecule has 1 aliphatic carbocycles. The monoisotopic (exact) mass is 569 g/mol. The Labute approximate surface area is 234 Å². The number of aromatic nitrogens is 1. The maximum atomic E-state index is 16.2. The van der Waals surface area contributed by atoms with Crippen LogP contribution < -0.4 is 5.32 Å². The quantitative estimate of drug-likeness (QED) is 0.321. The van der Waals surface area contributed by atoms with Crippen LogP contribution in [0.25, 0.3) is 10.9 Å². The summed E-state index contributed by atoms with van der Waals surface area (Å²) in [6.45, 7) is 4.62. The Hall–Kier alpha value is -3.37. The minimum Gasteiger partial charge on any atom is -0.384 e. The zero-order valence-corrected chi connectivity index (χ0v) is 22.8. The molecule has 2 N–H and O–H groups in total. The Morgan fingerprint density at radius 3 is 2.56 bits per heavy atom. The average Bonchev–Trinajstić information content (AvgIpc) is 3.33. The molecule has 3 atom stereocenters. The molecule has 1 unspecified atom stereocenters. The second-order valence-electron chi connectivity index (χ2n) is 12.2. The van der Waals surface area contributed by atoms with Crippen molar-refractivity contribution in [2.45, 2.75) is 69.7 Å². The van der Waals surface area contributed by atoms with Crippen molar-refractivity contribution in [3.05, 3.63) is 76.2 Å². The predicted molar refractivity (Wildman–Crippen MR) is 143 cm³/mol. The first-order valence-electron chi connectivity index (χ1n) is 13.9. The fourth-order valence-corrected chi connectivity index (χ4v) is 6.98. The van der Waals surface area contributed by atoms with Crippen LogP contribution in [0.1, 0.15) is 79.3 Å². The number of fused-ring (bicyclic) bond motifs is 2. The molecule has 3 aliphatic rings. The normalized spacial score (nSPS) is 26.7. The Balaban J connectivity index is 1.29. The SMILES string of the molecule is CC1(C)CN([C@H]2CCc3cc(C(F)(F)F)ccc32)CC[C@@]1(O)c1ccc2ncc(C3CCC(=O)NC3=O)cc2c1F. The van der Waals surface area contributed by atoms with E-state index in [0.29, 0.717) is 49.0 Å². The number of benzene rings is 2. The van der Waals surface area contributed by atoms with Crippen molar-refractivity contribution in [2.75, 3.05) is 13.1 Å². The third-order valence-corrected chi connectivity index (χ3v) is 9.34. The number of imide groups is 1. The Kier molecular flexibility index (Phi) is 6.50. The van der Waals surface area contributed by atoms with Gasteiger partial charge in [0.05, 0.1) is 22.6 Å². The second kappa shape index (κ2) is 9.59. The summed E-state index contributed by atoms with van der Waals surface area (Å²) in [6, 6.07) is 8.67.